The van der Waals surface area contributed by atoms with E-state index in [-0.39, 0.29) is 6.42 Å². The van der Waals surface area contributed by atoms with E-state index in [1.165, 1.54) is 25.7 Å². The maximum atomic E-state index is 10.5. The van der Waals surface area contributed by atoms with E-state index in [0.29, 0.717) is 6.04 Å². The van der Waals surface area contributed by atoms with Crippen LogP contribution in [-0.4, -0.2) is 35.1 Å². The highest BCUT2D eigenvalue weighted by Gasteiger charge is 2.24. The summed E-state index contributed by atoms with van der Waals surface area (Å²) in [4.78, 5) is 12.9. The van der Waals surface area contributed by atoms with E-state index >= 15 is 0 Å². The van der Waals surface area contributed by atoms with Gasteiger partial charge in [-0.15, -0.1) is 0 Å². The van der Waals surface area contributed by atoms with Gasteiger partial charge in [-0.3, -0.25) is 9.69 Å². The van der Waals surface area contributed by atoms with Gasteiger partial charge in [0, 0.05) is 12.6 Å². The topological polar surface area (TPSA) is 40.5 Å². The summed E-state index contributed by atoms with van der Waals surface area (Å²) in [5, 5.41) is 8.65. The van der Waals surface area contributed by atoms with Crippen LogP contribution in [0.1, 0.15) is 46.0 Å². The van der Waals surface area contributed by atoms with Gasteiger partial charge in [-0.1, -0.05) is 13.8 Å². The van der Waals surface area contributed by atoms with E-state index in [1.807, 2.05) is 0 Å². The highest BCUT2D eigenvalue weighted by atomic mass is 16.4. The molecule has 0 aliphatic carbocycles. The highest BCUT2D eigenvalue weighted by Crippen LogP contribution is 2.23. The van der Waals surface area contributed by atoms with Gasteiger partial charge in [-0.25, -0.2) is 0 Å². The van der Waals surface area contributed by atoms with Crippen molar-refractivity contribution in [3.05, 3.63) is 0 Å². The molecule has 1 atom stereocenters. The Balaban J connectivity index is 2.26. The van der Waals surface area contributed by atoms with Gasteiger partial charge in [0.05, 0.1) is 6.42 Å². The van der Waals surface area contributed by atoms with E-state index in [4.69, 9.17) is 5.11 Å². The van der Waals surface area contributed by atoms with Gasteiger partial charge in [0.1, 0.15) is 0 Å². The molecular weight excluding hydrogens is 190 g/mol. The number of carboxylic acids is 1. The lowest BCUT2D eigenvalue weighted by Gasteiger charge is -2.24. The third kappa shape index (κ3) is 4.65. The summed E-state index contributed by atoms with van der Waals surface area (Å²) in [5.41, 5.74) is 0. The zero-order chi connectivity index (χ0) is 11.3. The first kappa shape index (κ1) is 12.5. The van der Waals surface area contributed by atoms with E-state index in [0.717, 1.165) is 19.0 Å². The molecule has 1 fully saturated rings. The number of carbonyl (C=O) groups is 1. The summed E-state index contributed by atoms with van der Waals surface area (Å²) < 4.78 is 0. The molecule has 0 aromatic rings. The van der Waals surface area contributed by atoms with Crippen molar-refractivity contribution in [1.82, 2.24) is 4.90 Å². The normalized spacial score (nSPS) is 22.5. The first-order chi connectivity index (χ1) is 7.09. The highest BCUT2D eigenvalue weighted by molar-refractivity contribution is 5.66. The number of hydrogen-bond donors (Lipinski definition) is 1. The fourth-order valence-electron chi connectivity index (χ4n) is 2.28. The molecule has 0 saturated carbocycles. The maximum Gasteiger partial charge on any atom is 0.304 e. The van der Waals surface area contributed by atoms with Gasteiger partial charge in [0.2, 0.25) is 0 Å². The molecule has 3 nitrogen and oxygen atoms in total. The SMILES string of the molecule is CC(C)CCC1CCCN1CCC(=O)O. The van der Waals surface area contributed by atoms with Crippen LogP contribution in [0.2, 0.25) is 0 Å². The molecule has 1 unspecified atom stereocenters. The standard InChI is InChI=1S/C12H23NO2/c1-10(2)5-6-11-4-3-8-13(11)9-7-12(14)15/h10-11H,3-9H2,1-2H3,(H,14,15). The van der Waals surface area contributed by atoms with Crippen LogP contribution in [0, 0.1) is 5.92 Å². The van der Waals surface area contributed by atoms with Gasteiger partial charge in [0.25, 0.3) is 0 Å². The second-order valence-electron chi connectivity index (χ2n) is 4.95. The Morgan fingerprint density at radius 1 is 1.53 bits per heavy atom. The van der Waals surface area contributed by atoms with Crippen LogP contribution in [-0.2, 0) is 4.79 Å². The average Bonchev–Trinajstić information content (AvgIpc) is 2.58. The van der Waals surface area contributed by atoms with Gasteiger partial charge in [-0.2, -0.15) is 0 Å². The molecule has 15 heavy (non-hydrogen) atoms. The Kier molecular flexibility index (Phi) is 5.09. The molecule has 88 valence electrons. The predicted molar refractivity (Wildman–Crippen MR) is 60.9 cm³/mol. The summed E-state index contributed by atoms with van der Waals surface area (Å²) >= 11 is 0. The van der Waals surface area contributed by atoms with Gasteiger partial charge in [-0.05, 0) is 38.1 Å². The van der Waals surface area contributed by atoms with Crippen molar-refractivity contribution in [2.24, 2.45) is 5.92 Å². The van der Waals surface area contributed by atoms with Gasteiger partial charge >= 0.3 is 5.97 Å². The zero-order valence-corrected chi connectivity index (χ0v) is 9.91. The molecule has 0 bridgehead atoms. The summed E-state index contributed by atoms with van der Waals surface area (Å²) in [5.74, 6) is 0.0800. The summed E-state index contributed by atoms with van der Waals surface area (Å²) in [7, 11) is 0. The quantitative estimate of drug-likeness (QED) is 0.736. The average molecular weight is 213 g/mol. The maximum absolute atomic E-state index is 10.5. The molecule has 1 aliphatic heterocycles. The minimum atomic E-state index is -0.676. The molecule has 1 N–H and O–H groups in total. The van der Waals surface area contributed by atoms with Crippen LogP contribution in [0.25, 0.3) is 0 Å². The Morgan fingerprint density at radius 3 is 2.87 bits per heavy atom. The molecule has 3 heteroatoms. The fraction of sp³-hybridized carbons (Fsp3) is 0.917. The third-order valence-electron chi connectivity index (χ3n) is 3.19. The van der Waals surface area contributed by atoms with Crippen LogP contribution in [0.4, 0.5) is 0 Å². The van der Waals surface area contributed by atoms with E-state index in [9.17, 15) is 4.79 Å². The van der Waals surface area contributed by atoms with Crippen molar-refractivity contribution in [1.29, 1.82) is 0 Å². The lowest BCUT2D eigenvalue weighted by molar-refractivity contribution is -0.137. The first-order valence-corrected chi connectivity index (χ1v) is 6.05. The van der Waals surface area contributed by atoms with Crippen molar-refractivity contribution in [3.8, 4) is 0 Å². The van der Waals surface area contributed by atoms with Gasteiger partial charge < -0.3 is 5.11 Å². The summed E-state index contributed by atoms with van der Waals surface area (Å²) in [6, 6.07) is 0.645. The Labute approximate surface area is 92.5 Å². The number of carboxylic acid groups (broad SMARTS) is 1. The predicted octanol–water partition coefficient (Wildman–Crippen LogP) is 2.36. The number of nitrogens with zero attached hydrogens (tertiary/aromatic N) is 1. The van der Waals surface area contributed by atoms with Crippen molar-refractivity contribution >= 4 is 5.97 Å². The molecule has 0 amide bonds. The molecule has 1 heterocycles. The number of rotatable bonds is 6. The van der Waals surface area contributed by atoms with Gasteiger partial charge in [0.15, 0.2) is 0 Å². The Morgan fingerprint density at radius 2 is 2.27 bits per heavy atom. The molecule has 0 radical (unpaired) electrons. The number of aliphatic carboxylic acids is 1. The lowest BCUT2D eigenvalue weighted by Crippen LogP contribution is -2.31. The lowest BCUT2D eigenvalue weighted by atomic mass is 10.0. The van der Waals surface area contributed by atoms with Crippen LogP contribution in [0.3, 0.4) is 0 Å². The third-order valence-corrected chi connectivity index (χ3v) is 3.19. The van der Waals surface area contributed by atoms with Crippen LogP contribution >= 0.6 is 0 Å². The summed E-state index contributed by atoms with van der Waals surface area (Å²) in [6.45, 7) is 6.32. The van der Waals surface area contributed by atoms with Crippen molar-refractivity contribution < 1.29 is 9.90 Å². The molecule has 0 spiro atoms. The second-order valence-corrected chi connectivity index (χ2v) is 4.95. The number of hydrogen-bond acceptors (Lipinski definition) is 2. The minimum Gasteiger partial charge on any atom is -0.481 e. The largest absolute Gasteiger partial charge is 0.481 e. The van der Waals surface area contributed by atoms with Crippen molar-refractivity contribution in [3.63, 3.8) is 0 Å². The molecule has 1 aliphatic rings. The van der Waals surface area contributed by atoms with E-state index in [1.54, 1.807) is 0 Å². The summed E-state index contributed by atoms with van der Waals surface area (Å²) in [6.07, 6.45) is 5.28. The Hall–Kier alpha value is -0.570. The monoisotopic (exact) mass is 213 g/mol. The fourth-order valence-corrected chi connectivity index (χ4v) is 2.28. The molecule has 0 aromatic heterocycles. The Bertz CT molecular complexity index is 204. The molecule has 1 saturated heterocycles. The first-order valence-electron chi connectivity index (χ1n) is 6.05. The molecular formula is C12H23NO2. The van der Waals surface area contributed by atoms with Crippen molar-refractivity contribution in [2.75, 3.05) is 13.1 Å². The van der Waals surface area contributed by atoms with Crippen LogP contribution < -0.4 is 0 Å². The van der Waals surface area contributed by atoms with Crippen LogP contribution in [0.15, 0.2) is 0 Å². The van der Waals surface area contributed by atoms with E-state index < -0.39 is 5.97 Å². The second kappa shape index (κ2) is 6.11. The van der Waals surface area contributed by atoms with E-state index in [2.05, 4.69) is 18.7 Å². The minimum absolute atomic E-state index is 0.290. The van der Waals surface area contributed by atoms with Crippen LogP contribution in [0.5, 0.6) is 0 Å². The number of likely N-dealkylation sites (tertiary alicyclic amines) is 1. The molecule has 1 rings (SSSR count). The molecule has 0 aromatic carbocycles. The zero-order valence-electron chi connectivity index (χ0n) is 9.91. The van der Waals surface area contributed by atoms with Crippen molar-refractivity contribution in [2.45, 2.75) is 52.0 Å². The smallest absolute Gasteiger partial charge is 0.304 e.